The number of pyridine rings is 2. The third kappa shape index (κ3) is 5.03. The molecule has 0 aromatic carbocycles. The van der Waals surface area contributed by atoms with Crippen LogP contribution >= 0.6 is 0 Å². The molecule has 0 saturated carbocycles. The minimum Gasteiger partial charge on any atom is -0.382 e. The van der Waals surface area contributed by atoms with Crippen molar-refractivity contribution >= 4 is 23.5 Å². The average molecular weight is 621 g/mol. The van der Waals surface area contributed by atoms with Gasteiger partial charge in [0, 0.05) is 94.3 Å². The second kappa shape index (κ2) is 11.7. The van der Waals surface area contributed by atoms with E-state index < -0.39 is 12.0 Å². The van der Waals surface area contributed by atoms with E-state index >= 15 is 0 Å². The van der Waals surface area contributed by atoms with Gasteiger partial charge in [0.15, 0.2) is 0 Å². The van der Waals surface area contributed by atoms with Crippen molar-refractivity contribution in [3.05, 3.63) is 65.1 Å². The number of fused-ring (bicyclic) bond motifs is 5. The van der Waals surface area contributed by atoms with Crippen LogP contribution in [0, 0.1) is 6.92 Å². The Bertz CT molecular complexity index is 1510. The molecule has 3 fully saturated rings. The Morgan fingerprint density at radius 3 is 2.73 bits per heavy atom. The number of aryl methyl sites for hydroxylation is 1. The number of methoxy groups -OCH3 is 1. The number of amides is 1. The van der Waals surface area contributed by atoms with E-state index in [1.807, 2.05) is 35.4 Å². The number of alkyl halides is 2. The Morgan fingerprint density at radius 2 is 2.02 bits per heavy atom. The van der Waals surface area contributed by atoms with E-state index in [1.165, 1.54) is 6.08 Å². The van der Waals surface area contributed by atoms with Gasteiger partial charge >= 0.3 is 0 Å². The first-order valence-corrected chi connectivity index (χ1v) is 16.1. The van der Waals surface area contributed by atoms with Crippen LogP contribution in [0.4, 0.5) is 20.3 Å². The molecule has 0 N–H and O–H groups in total. The van der Waals surface area contributed by atoms with Gasteiger partial charge in [-0.3, -0.25) is 14.7 Å². The maximum Gasteiger partial charge on any atom is 0.281 e. The van der Waals surface area contributed by atoms with E-state index in [4.69, 9.17) is 9.47 Å². The van der Waals surface area contributed by atoms with Crippen molar-refractivity contribution in [1.82, 2.24) is 19.8 Å². The lowest BCUT2D eigenvalue weighted by Crippen LogP contribution is -2.69. The van der Waals surface area contributed by atoms with Gasteiger partial charge in [-0.15, -0.1) is 0 Å². The van der Waals surface area contributed by atoms with Crippen LogP contribution in [0.2, 0.25) is 0 Å². The highest BCUT2D eigenvalue weighted by Gasteiger charge is 2.51. The molecule has 0 aliphatic carbocycles. The summed E-state index contributed by atoms with van der Waals surface area (Å²) in [6.07, 6.45) is 6.33. The fourth-order valence-electron chi connectivity index (χ4n) is 8.40. The first-order chi connectivity index (χ1) is 21.7. The summed E-state index contributed by atoms with van der Waals surface area (Å²) in [6.45, 7) is 12.6. The van der Waals surface area contributed by atoms with E-state index in [0.717, 1.165) is 48.6 Å². The zero-order chi connectivity index (χ0) is 31.5. The number of anilines is 2. The monoisotopic (exact) mass is 620 g/mol. The van der Waals surface area contributed by atoms with Crippen molar-refractivity contribution < 1.29 is 23.0 Å². The molecular weight excluding hydrogens is 578 g/mol. The number of hydrogen-bond donors (Lipinski definition) is 0. The molecule has 5 atom stereocenters. The zero-order valence-electron chi connectivity index (χ0n) is 26.3. The standard InChI is InChI=1S/C34H42F2N6O3/c1-5-29(43)40-15-13-39(14-16-40)26-19-42-24(26)8-6-7-23-25(42)17-28(38-31(23)33(35)36)41-12-10-34(18-22(41)3)30-21(2)9-11-37-32(30)27(45-34)20-44-4/h5-7,9,11,17,22,24,26-27,33H,1,8,10,12-16,18-20H2,2-4H3/t22-,24?,26-,27-,34-/m1/s1. The van der Waals surface area contributed by atoms with Crippen LogP contribution in [0.25, 0.3) is 6.08 Å². The molecule has 0 radical (unpaired) electrons. The van der Waals surface area contributed by atoms with Crippen molar-refractivity contribution in [3.63, 3.8) is 0 Å². The van der Waals surface area contributed by atoms with Gasteiger partial charge in [0.2, 0.25) is 5.91 Å². The topological polar surface area (TPSA) is 74.3 Å². The predicted octanol–water partition coefficient (Wildman–Crippen LogP) is 4.63. The van der Waals surface area contributed by atoms with Gasteiger partial charge in [-0.1, -0.05) is 18.7 Å². The van der Waals surface area contributed by atoms with Crippen molar-refractivity contribution in [3.8, 4) is 0 Å². The normalized spacial score (nSPS) is 29.3. The molecule has 0 bridgehead atoms. The molecule has 1 amide bonds. The molecule has 240 valence electrons. The van der Waals surface area contributed by atoms with Gasteiger partial charge in [0.25, 0.3) is 6.43 Å². The van der Waals surface area contributed by atoms with Gasteiger partial charge in [-0.25, -0.2) is 13.8 Å². The van der Waals surface area contributed by atoms with Gasteiger partial charge in [0.05, 0.1) is 23.6 Å². The van der Waals surface area contributed by atoms with Crippen LogP contribution in [0.1, 0.15) is 66.8 Å². The fourth-order valence-corrected chi connectivity index (χ4v) is 8.40. The highest BCUT2D eigenvalue weighted by molar-refractivity contribution is 5.87. The molecule has 1 unspecified atom stereocenters. The average Bonchev–Trinajstić information content (AvgIpc) is 3.23. The van der Waals surface area contributed by atoms with Crippen LogP contribution in [0.15, 0.2) is 37.1 Å². The van der Waals surface area contributed by atoms with E-state index in [1.54, 1.807) is 7.11 Å². The Morgan fingerprint density at radius 1 is 1.22 bits per heavy atom. The molecule has 11 heteroatoms. The molecular formula is C34H42F2N6O3. The number of carbonyl (C=O) groups is 1. The van der Waals surface area contributed by atoms with E-state index in [9.17, 15) is 13.6 Å². The van der Waals surface area contributed by atoms with E-state index in [2.05, 4.69) is 45.1 Å². The molecule has 2 aromatic rings. The molecule has 1 spiro atoms. The van der Waals surface area contributed by atoms with Crippen LogP contribution in [-0.2, 0) is 19.9 Å². The van der Waals surface area contributed by atoms with Crippen LogP contribution in [0.3, 0.4) is 0 Å². The molecule has 9 nitrogen and oxygen atoms in total. The number of piperazine rings is 1. The molecule has 45 heavy (non-hydrogen) atoms. The van der Waals surface area contributed by atoms with Crippen molar-refractivity contribution in [2.24, 2.45) is 0 Å². The Kier molecular flexibility index (Phi) is 7.90. The maximum atomic E-state index is 14.6. The number of piperidine rings is 1. The SMILES string of the molecule is C=CC(=O)N1CCN([C@@H]2CN3c4cc(N5CC[C@]6(C[C@H]5C)O[C@H](COC)c5nccc(C)c56)nc(C(F)F)c4C=CCC23)CC1. The van der Waals surface area contributed by atoms with Gasteiger partial charge < -0.3 is 24.2 Å². The Hall–Kier alpha value is -3.41. The second-order valence-electron chi connectivity index (χ2n) is 13.0. The third-order valence-electron chi connectivity index (χ3n) is 10.6. The fraction of sp³-hybridized carbons (Fsp3) is 0.559. The van der Waals surface area contributed by atoms with Gasteiger partial charge in [-0.2, -0.15) is 0 Å². The van der Waals surface area contributed by atoms with Gasteiger partial charge in [0.1, 0.15) is 17.6 Å². The summed E-state index contributed by atoms with van der Waals surface area (Å²) in [6, 6.07) is 4.55. The number of aromatic nitrogens is 2. The summed E-state index contributed by atoms with van der Waals surface area (Å²) in [5, 5.41) is 0. The summed E-state index contributed by atoms with van der Waals surface area (Å²) in [4.78, 5) is 30.1. The van der Waals surface area contributed by atoms with Crippen molar-refractivity contribution in [2.45, 2.75) is 69.4 Å². The summed E-state index contributed by atoms with van der Waals surface area (Å²) < 4.78 is 41.4. The molecule has 7 rings (SSSR count). The smallest absolute Gasteiger partial charge is 0.281 e. The lowest BCUT2D eigenvalue weighted by atomic mass is 9.79. The Balaban J connectivity index is 1.14. The maximum absolute atomic E-state index is 14.6. The number of hydrogen-bond acceptors (Lipinski definition) is 8. The van der Waals surface area contributed by atoms with Gasteiger partial charge in [-0.05, 0) is 44.4 Å². The van der Waals surface area contributed by atoms with Crippen LogP contribution in [-0.4, -0.2) is 96.8 Å². The molecule has 5 aliphatic rings. The minimum absolute atomic E-state index is 0.000554. The van der Waals surface area contributed by atoms with E-state index in [0.29, 0.717) is 56.5 Å². The minimum atomic E-state index is -2.69. The second-order valence-corrected chi connectivity index (χ2v) is 13.0. The lowest BCUT2D eigenvalue weighted by Gasteiger charge is -2.55. The number of rotatable bonds is 6. The highest BCUT2D eigenvalue weighted by atomic mass is 19.3. The quantitative estimate of drug-likeness (QED) is 0.433. The molecule has 7 heterocycles. The number of ether oxygens (including phenoxy) is 2. The summed E-state index contributed by atoms with van der Waals surface area (Å²) in [5.74, 6) is 0.564. The molecule has 2 aromatic heterocycles. The number of halogens is 2. The predicted molar refractivity (Wildman–Crippen MR) is 169 cm³/mol. The highest BCUT2D eigenvalue weighted by Crippen LogP contribution is 2.52. The molecule has 3 saturated heterocycles. The number of carbonyl (C=O) groups excluding carboxylic acids is 1. The summed E-state index contributed by atoms with van der Waals surface area (Å²) in [7, 11) is 1.67. The summed E-state index contributed by atoms with van der Waals surface area (Å²) >= 11 is 0. The third-order valence-corrected chi connectivity index (χ3v) is 10.6. The summed E-state index contributed by atoms with van der Waals surface area (Å²) in [5.41, 5.74) is 3.95. The van der Waals surface area contributed by atoms with E-state index in [-0.39, 0.29) is 29.8 Å². The first kappa shape index (κ1) is 30.3. The molecule has 5 aliphatic heterocycles. The van der Waals surface area contributed by atoms with Crippen molar-refractivity contribution in [1.29, 1.82) is 0 Å². The van der Waals surface area contributed by atoms with Crippen molar-refractivity contribution in [2.75, 3.05) is 62.8 Å². The number of nitrogens with zero attached hydrogens (tertiary/aromatic N) is 6. The van der Waals surface area contributed by atoms with Crippen LogP contribution < -0.4 is 9.80 Å². The largest absolute Gasteiger partial charge is 0.382 e. The van der Waals surface area contributed by atoms with Crippen LogP contribution in [0.5, 0.6) is 0 Å². The Labute approximate surface area is 263 Å². The zero-order valence-corrected chi connectivity index (χ0v) is 26.3. The lowest BCUT2D eigenvalue weighted by molar-refractivity contribution is -0.128. The first-order valence-electron chi connectivity index (χ1n) is 16.1.